The molecule has 0 saturated carbocycles. The number of phenols is 1. The maximum atomic E-state index is 12.6. The Balaban J connectivity index is 1.92. The van der Waals surface area contributed by atoms with E-state index in [1.165, 1.54) is 5.56 Å². The predicted octanol–water partition coefficient (Wildman–Crippen LogP) is 4.10. The lowest BCUT2D eigenvalue weighted by atomic mass is 9.89. The Morgan fingerprint density at radius 2 is 1.73 bits per heavy atom. The third-order valence-corrected chi connectivity index (χ3v) is 6.11. The van der Waals surface area contributed by atoms with Gasteiger partial charge in [-0.3, -0.25) is 9.59 Å². The van der Waals surface area contributed by atoms with Crippen molar-refractivity contribution in [3.05, 3.63) is 76.9 Å². The minimum atomic E-state index is -0.996. The summed E-state index contributed by atoms with van der Waals surface area (Å²) in [6.45, 7) is 0.602. The maximum Gasteiger partial charge on any atom is 0.289 e. The monoisotopic (exact) mass is 398 g/mol. The van der Waals surface area contributed by atoms with Crippen LogP contribution in [-0.4, -0.2) is 21.4 Å². The van der Waals surface area contributed by atoms with Crippen molar-refractivity contribution in [1.82, 2.24) is 4.57 Å². The number of nitrogens with zero attached hydrogens (tertiary/aromatic N) is 1. The van der Waals surface area contributed by atoms with Gasteiger partial charge >= 0.3 is 0 Å². The number of aromatic nitrogens is 1. The van der Waals surface area contributed by atoms with Gasteiger partial charge in [0.25, 0.3) is 11.7 Å². The minimum Gasteiger partial charge on any atom is -0.507 e. The summed E-state index contributed by atoms with van der Waals surface area (Å²) >= 11 is 0. The summed E-state index contributed by atoms with van der Waals surface area (Å²) in [5.41, 5.74) is 10.8. The van der Waals surface area contributed by atoms with Crippen LogP contribution in [0.5, 0.6) is 5.75 Å². The normalized spacial score (nSPS) is 13.5. The van der Waals surface area contributed by atoms with Crippen LogP contribution in [-0.2, 0) is 24.2 Å². The Labute approximate surface area is 173 Å². The molecule has 5 nitrogen and oxygen atoms in total. The molecule has 4 aromatic rings. The van der Waals surface area contributed by atoms with E-state index in [4.69, 9.17) is 5.73 Å². The van der Waals surface area contributed by atoms with Gasteiger partial charge in [-0.2, -0.15) is 0 Å². The first-order valence-corrected chi connectivity index (χ1v) is 10.2. The highest BCUT2D eigenvalue weighted by atomic mass is 16.3. The van der Waals surface area contributed by atoms with E-state index in [2.05, 4.69) is 16.7 Å². The highest BCUT2D eigenvalue weighted by molar-refractivity contribution is 6.45. The first-order valence-electron chi connectivity index (χ1n) is 10.2. The summed E-state index contributed by atoms with van der Waals surface area (Å²) in [4.78, 5) is 24.3. The van der Waals surface area contributed by atoms with E-state index in [1.807, 2.05) is 30.3 Å². The van der Waals surface area contributed by atoms with Crippen LogP contribution in [0, 0.1) is 0 Å². The van der Waals surface area contributed by atoms with E-state index < -0.39 is 11.7 Å². The standard InChI is InChI=1S/C25H22N2O3/c26-25(30)24(29)18-11-6-12-19-21(18)22-20(28)13-16-9-4-5-10-17(16)23(22)27(19)14-15-7-2-1-3-8-15/h1-3,6-8,11-13,28H,4-5,9-10,14H2,(H2,26,30). The quantitative estimate of drug-likeness (QED) is 0.401. The molecule has 30 heavy (non-hydrogen) atoms. The van der Waals surface area contributed by atoms with Crippen LogP contribution >= 0.6 is 0 Å². The number of phenolic OH excluding ortho intramolecular Hbond substituents is 1. The molecule has 3 aromatic carbocycles. The number of benzene rings is 3. The van der Waals surface area contributed by atoms with E-state index in [0.29, 0.717) is 17.3 Å². The van der Waals surface area contributed by atoms with Gasteiger partial charge in [0, 0.05) is 17.5 Å². The van der Waals surface area contributed by atoms with Crippen molar-refractivity contribution in [2.75, 3.05) is 0 Å². The second-order valence-corrected chi connectivity index (χ2v) is 7.93. The Morgan fingerprint density at radius 1 is 0.967 bits per heavy atom. The van der Waals surface area contributed by atoms with Crippen LogP contribution in [0.4, 0.5) is 0 Å². The first kappa shape index (κ1) is 18.4. The highest BCUT2D eigenvalue weighted by Gasteiger charge is 2.26. The fraction of sp³-hybridized carbons (Fsp3) is 0.200. The number of fused-ring (bicyclic) bond motifs is 5. The second-order valence-electron chi connectivity index (χ2n) is 7.93. The Bertz CT molecular complexity index is 1320. The number of amides is 1. The van der Waals surface area contributed by atoms with Crippen LogP contribution in [0.25, 0.3) is 21.8 Å². The van der Waals surface area contributed by atoms with Gasteiger partial charge in [-0.05, 0) is 54.5 Å². The number of ketones is 1. The Kier molecular flexibility index (Phi) is 4.31. The number of hydrogen-bond donors (Lipinski definition) is 2. The largest absolute Gasteiger partial charge is 0.507 e. The molecule has 3 N–H and O–H groups in total. The second kappa shape index (κ2) is 7.02. The molecule has 1 heterocycles. The lowest BCUT2D eigenvalue weighted by Crippen LogP contribution is -2.23. The molecule has 0 spiro atoms. The first-order chi connectivity index (χ1) is 14.6. The zero-order valence-corrected chi connectivity index (χ0v) is 16.5. The molecule has 0 fully saturated rings. The number of aromatic hydroxyl groups is 1. The Hall–Kier alpha value is -3.60. The smallest absolute Gasteiger partial charge is 0.289 e. The van der Waals surface area contributed by atoms with Crippen molar-refractivity contribution < 1.29 is 14.7 Å². The van der Waals surface area contributed by atoms with E-state index in [-0.39, 0.29) is 11.3 Å². The summed E-state index contributed by atoms with van der Waals surface area (Å²) in [6.07, 6.45) is 4.05. The summed E-state index contributed by atoms with van der Waals surface area (Å²) < 4.78 is 2.17. The topological polar surface area (TPSA) is 85.3 Å². The zero-order valence-electron chi connectivity index (χ0n) is 16.5. The predicted molar refractivity (Wildman–Crippen MR) is 117 cm³/mol. The van der Waals surface area contributed by atoms with Crippen molar-refractivity contribution in [3.63, 3.8) is 0 Å². The highest BCUT2D eigenvalue weighted by Crippen LogP contribution is 2.42. The molecule has 0 bridgehead atoms. The third kappa shape index (κ3) is 2.77. The van der Waals surface area contributed by atoms with Gasteiger partial charge < -0.3 is 15.4 Å². The van der Waals surface area contributed by atoms with Crippen molar-refractivity contribution >= 4 is 33.5 Å². The zero-order chi connectivity index (χ0) is 20.8. The van der Waals surface area contributed by atoms with Gasteiger partial charge in [0.1, 0.15) is 5.75 Å². The molecular weight excluding hydrogens is 376 g/mol. The molecule has 0 aliphatic heterocycles. The fourth-order valence-corrected chi connectivity index (χ4v) is 4.81. The van der Waals surface area contributed by atoms with Crippen molar-refractivity contribution in [2.45, 2.75) is 32.2 Å². The van der Waals surface area contributed by atoms with E-state index in [0.717, 1.165) is 47.8 Å². The fourth-order valence-electron chi connectivity index (χ4n) is 4.81. The minimum absolute atomic E-state index is 0.146. The Morgan fingerprint density at radius 3 is 2.50 bits per heavy atom. The molecule has 5 rings (SSSR count). The van der Waals surface area contributed by atoms with Crippen LogP contribution in [0.15, 0.2) is 54.6 Å². The van der Waals surface area contributed by atoms with E-state index in [1.54, 1.807) is 12.1 Å². The van der Waals surface area contributed by atoms with Crippen LogP contribution < -0.4 is 5.73 Å². The number of rotatable bonds is 4. The molecule has 0 unspecified atom stereocenters. The molecule has 150 valence electrons. The molecule has 5 heteroatoms. The van der Waals surface area contributed by atoms with Crippen LogP contribution in [0.3, 0.4) is 0 Å². The SMILES string of the molecule is NC(=O)C(=O)c1cccc2c1c1c(O)cc3c(c1n2Cc1ccccc1)CCCC3. The maximum absolute atomic E-state index is 12.6. The van der Waals surface area contributed by atoms with Gasteiger partial charge in [-0.1, -0.05) is 42.5 Å². The van der Waals surface area contributed by atoms with Gasteiger partial charge in [0.15, 0.2) is 0 Å². The number of carbonyl (C=O) groups excluding carboxylic acids is 2. The van der Waals surface area contributed by atoms with Crippen LogP contribution in [0.1, 0.15) is 39.9 Å². The summed E-state index contributed by atoms with van der Waals surface area (Å²) in [7, 11) is 0. The number of nitrogens with two attached hydrogens (primary N) is 1. The third-order valence-electron chi connectivity index (χ3n) is 6.11. The van der Waals surface area contributed by atoms with Gasteiger partial charge in [-0.25, -0.2) is 0 Å². The number of aryl methyl sites for hydroxylation is 2. The lowest BCUT2D eigenvalue weighted by Gasteiger charge is -2.19. The summed E-state index contributed by atoms with van der Waals surface area (Å²) in [5, 5.41) is 12.2. The average Bonchev–Trinajstić information content (AvgIpc) is 3.09. The van der Waals surface area contributed by atoms with Crippen molar-refractivity contribution in [3.8, 4) is 5.75 Å². The molecule has 0 atom stereocenters. The summed E-state index contributed by atoms with van der Waals surface area (Å²) in [6, 6.07) is 17.2. The van der Waals surface area contributed by atoms with E-state index >= 15 is 0 Å². The molecule has 1 aliphatic carbocycles. The molecule has 0 radical (unpaired) electrons. The van der Waals surface area contributed by atoms with Crippen molar-refractivity contribution in [1.29, 1.82) is 0 Å². The number of primary amides is 1. The van der Waals surface area contributed by atoms with Gasteiger partial charge in [-0.15, -0.1) is 0 Å². The average molecular weight is 398 g/mol. The summed E-state index contributed by atoms with van der Waals surface area (Å²) in [5.74, 6) is -1.59. The van der Waals surface area contributed by atoms with Crippen molar-refractivity contribution in [2.24, 2.45) is 5.73 Å². The van der Waals surface area contributed by atoms with Gasteiger partial charge in [0.2, 0.25) is 0 Å². The van der Waals surface area contributed by atoms with Crippen LogP contribution in [0.2, 0.25) is 0 Å². The molecule has 1 aliphatic rings. The van der Waals surface area contributed by atoms with E-state index in [9.17, 15) is 14.7 Å². The molecule has 0 saturated heterocycles. The number of carbonyl (C=O) groups is 2. The molecular formula is C25H22N2O3. The molecule has 1 aromatic heterocycles. The van der Waals surface area contributed by atoms with Gasteiger partial charge in [0.05, 0.1) is 16.4 Å². The number of hydrogen-bond acceptors (Lipinski definition) is 3. The molecule has 1 amide bonds. The number of Topliss-reactive ketones (excluding diaryl/α,β-unsaturated/α-hetero) is 1. The lowest BCUT2D eigenvalue weighted by molar-refractivity contribution is -0.114.